The highest BCUT2D eigenvalue weighted by molar-refractivity contribution is 6.10. The quantitative estimate of drug-likeness (QED) is 0.295. The van der Waals surface area contributed by atoms with Gasteiger partial charge in [0.2, 0.25) is 0 Å². The minimum Gasteiger partial charge on any atom is -0.451 e. The molecule has 1 aromatic heterocycles. The van der Waals surface area contributed by atoms with E-state index in [-0.39, 0.29) is 5.91 Å². The number of carbonyl (C=O) groups excluding carboxylic acids is 2. The van der Waals surface area contributed by atoms with Crippen molar-refractivity contribution in [3.63, 3.8) is 0 Å². The zero-order chi connectivity index (χ0) is 28.9. The number of hydrazine groups is 1. The van der Waals surface area contributed by atoms with Gasteiger partial charge < -0.3 is 9.64 Å². The summed E-state index contributed by atoms with van der Waals surface area (Å²) in [6.07, 6.45) is 4.16. The van der Waals surface area contributed by atoms with Crippen LogP contribution < -0.4 is 10.4 Å². The molecule has 0 bridgehead atoms. The molecule has 0 atom stereocenters. The monoisotopic (exact) mass is 563 g/mol. The molecule has 1 N–H and O–H groups in total. The molecule has 0 radical (unpaired) electrons. The summed E-state index contributed by atoms with van der Waals surface area (Å²) in [6.45, 7) is 4.92. The lowest BCUT2D eigenvalue weighted by Gasteiger charge is -2.37. The van der Waals surface area contributed by atoms with Gasteiger partial charge in [-0.15, -0.1) is 0 Å². The molecule has 0 saturated carbocycles. The fourth-order valence-corrected chi connectivity index (χ4v) is 6.31. The third-order valence-corrected chi connectivity index (χ3v) is 8.45. The molecule has 2 aliphatic rings. The number of hydrogen-bond donors (Lipinski definition) is 1. The molecule has 42 heavy (non-hydrogen) atoms. The first-order valence-corrected chi connectivity index (χ1v) is 14.8. The van der Waals surface area contributed by atoms with E-state index < -0.39 is 6.09 Å². The summed E-state index contributed by atoms with van der Waals surface area (Å²) < 4.78 is 5.04. The van der Waals surface area contributed by atoms with Crippen LogP contribution in [-0.2, 0) is 11.3 Å². The molecule has 2 aliphatic heterocycles. The summed E-state index contributed by atoms with van der Waals surface area (Å²) >= 11 is 0. The second kappa shape index (κ2) is 12.7. The number of hydrogen-bond acceptors (Lipinski definition) is 6. The Bertz CT molecular complexity index is 1530. The Balaban J connectivity index is 1.40. The van der Waals surface area contributed by atoms with Gasteiger partial charge in [0.1, 0.15) is 0 Å². The van der Waals surface area contributed by atoms with Crippen LogP contribution in [-0.4, -0.2) is 66.1 Å². The van der Waals surface area contributed by atoms with Crippen molar-refractivity contribution in [1.29, 1.82) is 0 Å². The highest BCUT2D eigenvalue weighted by atomic mass is 16.5. The number of anilines is 1. The number of carbonyl (C=O) groups is 2. The number of methoxy groups -OCH3 is 1. The van der Waals surface area contributed by atoms with Crippen LogP contribution in [0, 0.1) is 0 Å². The molecule has 2 amide bonds. The minimum absolute atomic E-state index is 0.387. The van der Waals surface area contributed by atoms with E-state index >= 15 is 0 Å². The molecular formula is C34H37N5O3. The smallest absolute Gasteiger partial charge is 0.433 e. The van der Waals surface area contributed by atoms with Crippen molar-refractivity contribution >= 4 is 28.6 Å². The number of ether oxygens (including phenoxy) is 1. The largest absolute Gasteiger partial charge is 0.451 e. The van der Waals surface area contributed by atoms with E-state index in [4.69, 9.17) is 9.72 Å². The Hall–Kier alpha value is -4.27. The van der Waals surface area contributed by atoms with E-state index in [1.165, 1.54) is 33.0 Å². The number of para-hydroxylation sites is 2. The number of nitrogens with one attached hydrogen (secondary N) is 1. The third-order valence-electron chi connectivity index (χ3n) is 8.45. The van der Waals surface area contributed by atoms with Crippen LogP contribution in [0.2, 0.25) is 0 Å². The second-order valence-electron chi connectivity index (χ2n) is 11.0. The molecular weight excluding hydrogens is 526 g/mol. The molecule has 8 nitrogen and oxygen atoms in total. The van der Waals surface area contributed by atoms with Crippen molar-refractivity contribution in [3.8, 4) is 11.3 Å². The van der Waals surface area contributed by atoms with Crippen molar-refractivity contribution in [2.24, 2.45) is 0 Å². The zero-order valence-electron chi connectivity index (χ0n) is 24.0. The van der Waals surface area contributed by atoms with Crippen molar-refractivity contribution in [1.82, 2.24) is 20.2 Å². The Morgan fingerprint density at radius 3 is 2.21 bits per heavy atom. The van der Waals surface area contributed by atoms with E-state index in [0.29, 0.717) is 23.8 Å². The fourth-order valence-electron chi connectivity index (χ4n) is 6.31. The van der Waals surface area contributed by atoms with Gasteiger partial charge in [-0.3, -0.25) is 15.1 Å². The summed E-state index contributed by atoms with van der Waals surface area (Å²) in [5.41, 5.74) is 7.20. The fraction of sp³-hybridized carbons (Fsp3) is 0.324. The molecule has 4 aromatic rings. The first-order chi connectivity index (χ1) is 20.6. The number of amides is 2. The van der Waals surface area contributed by atoms with Gasteiger partial charge in [-0.2, -0.15) is 5.01 Å². The van der Waals surface area contributed by atoms with Crippen LogP contribution in [0.3, 0.4) is 0 Å². The summed E-state index contributed by atoms with van der Waals surface area (Å²) in [4.78, 5) is 37.3. The van der Waals surface area contributed by atoms with E-state index in [1.54, 1.807) is 12.1 Å². The number of pyridine rings is 1. The number of benzene rings is 3. The van der Waals surface area contributed by atoms with Crippen LogP contribution in [0.4, 0.5) is 10.5 Å². The van der Waals surface area contributed by atoms with E-state index in [2.05, 4.69) is 15.2 Å². The second-order valence-corrected chi connectivity index (χ2v) is 11.0. The maximum absolute atomic E-state index is 14.3. The zero-order valence-corrected chi connectivity index (χ0v) is 24.0. The van der Waals surface area contributed by atoms with Crippen molar-refractivity contribution in [3.05, 3.63) is 96.1 Å². The summed E-state index contributed by atoms with van der Waals surface area (Å²) in [5.74, 6) is -0.387. The topological polar surface area (TPSA) is 78.0 Å². The van der Waals surface area contributed by atoms with Gasteiger partial charge in [-0.1, -0.05) is 66.7 Å². The van der Waals surface area contributed by atoms with Crippen LogP contribution >= 0.6 is 0 Å². The normalized spacial score (nSPS) is 16.4. The molecule has 0 spiro atoms. The summed E-state index contributed by atoms with van der Waals surface area (Å²) in [6, 6.07) is 27.4. The Kier molecular flexibility index (Phi) is 8.44. The van der Waals surface area contributed by atoms with Gasteiger partial charge in [-0.05, 0) is 70.1 Å². The number of likely N-dealkylation sites (tertiary alicyclic amines) is 2. The number of nitrogens with zero attached hydrogens (tertiary/aromatic N) is 4. The van der Waals surface area contributed by atoms with Gasteiger partial charge in [0.15, 0.2) is 0 Å². The van der Waals surface area contributed by atoms with Gasteiger partial charge in [0.05, 0.1) is 29.6 Å². The first kappa shape index (κ1) is 27.9. The van der Waals surface area contributed by atoms with E-state index in [9.17, 15) is 9.59 Å². The maximum atomic E-state index is 14.3. The number of rotatable bonds is 6. The van der Waals surface area contributed by atoms with Crippen LogP contribution in [0.1, 0.15) is 41.6 Å². The lowest BCUT2D eigenvalue weighted by molar-refractivity contribution is 0.0937. The van der Waals surface area contributed by atoms with Gasteiger partial charge in [0.25, 0.3) is 5.91 Å². The lowest BCUT2D eigenvalue weighted by atomic mass is 9.94. The SMILES string of the molecule is COC(=O)N(NC(=O)c1c(CN2CCC(N3CCCC3)CC2)c(-c2ccccc2)nc2ccccc12)c1ccccc1. The Morgan fingerprint density at radius 1 is 0.881 bits per heavy atom. The number of aromatic nitrogens is 1. The van der Waals surface area contributed by atoms with Crippen LogP contribution in [0.15, 0.2) is 84.9 Å². The Labute approximate surface area is 246 Å². The van der Waals surface area contributed by atoms with Crippen LogP contribution in [0.25, 0.3) is 22.2 Å². The van der Waals surface area contributed by atoms with Gasteiger partial charge in [0, 0.05) is 29.1 Å². The molecule has 6 rings (SSSR count). The molecule has 0 aliphatic carbocycles. The average Bonchev–Trinajstić information content (AvgIpc) is 3.59. The highest BCUT2D eigenvalue weighted by Crippen LogP contribution is 2.33. The van der Waals surface area contributed by atoms with Gasteiger partial charge in [-0.25, -0.2) is 9.78 Å². The van der Waals surface area contributed by atoms with Gasteiger partial charge >= 0.3 is 6.09 Å². The molecule has 2 saturated heterocycles. The van der Waals surface area contributed by atoms with E-state index in [1.807, 2.05) is 72.8 Å². The first-order valence-electron chi connectivity index (χ1n) is 14.8. The van der Waals surface area contributed by atoms with Crippen molar-refractivity contribution in [2.45, 2.75) is 38.3 Å². The molecule has 216 valence electrons. The highest BCUT2D eigenvalue weighted by Gasteiger charge is 2.30. The van der Waals surface area contributed by atoms with E-state index in [0.717, 1.165) is 58.7 Å². The molecule has 2 fully saturated rings. The molecule has 8 heteroatoms. The number of piperidine rings is 1. The molecule has 3 heterocycles. The predicted octanol–water partition coefficient (Wildman–Crippen LogP) is 5.88. The van der Waals surface area contributed by atoms with Crippen molar-refractivity contribution < 1.29 is 14.3 Å². The maximum Gasteiger partial charge on any atom is 0.433 e. The average molecular weight is 564 g/mol. The Morgan fingerprint density at radius 2 is 1.52 bits per heavy atom. The third kappa shape index (κ3) is 5.86. The lowest BCUT2D eigenvalue weighted by Crippen LogP contribution is -2.47. The number of fused-ring (bicyclic) bond motifs is 1. The summed E-state index contributed by atoms with van der Waals surface area (Å²) in [7, 11) is 1.30. The molecule has 3 aromatic carbocycles. The minimum atomic E-state index is -0.679. The standard InChI is InChI=1S/C34H37N5O3/c1-42-34(41)39(27-14-6-3-7-15-27)36-33(40)31-28-16-8-9-17-30(28)35-32(25-12-4-2-5-13-25)29(31)24-37-22-18-26(19-23-37)38-20-10-11-21-38/h2-9,12-17,26H,10-11,18-24H2,1H3,(H,36,40). The van der Waals surface area contributed by atoms with Crippen molar-refractivity contribution in [2.75, 3.05) is 38.3 Å². The molecule has 0 unspecified atom stereocenters. The summed E-state index contributed by atoms with van der Waals surface area (Å²) in [5, 5.41) is 1.90. The van der Waals surface area contributed by atoms with Crippen LogP contribution in [0.5, 0.6) is 0 Å². The predicted molar refractivity (Wildman–Crippen MR) is 165 cm³/mol.